The van der Waals surface area contributed by atoms with Crippen molar-refractivity contribution in [3.8, 4) is 0 Å². The van der Waals surface area contributed by atoms with Gasteiger partial charge in [-0.1, -0.05) is 18.7 Å². The Kier molecular flexibility index (Phi) is 8.05. The zero-order valence-corrected chi connectivity index (χ0v) is 16.1. The Morgan fingerprint density at radius 3 is 2.70 bits per heavy atom. The number of carbonyl (C=O) groups excluding carboxylic acids is 1. The lowest BCUT2D eigenvalue weighted by molar-refractivity contribution is -0.119. The highest BCUT2D eigenvalue weighted by atomic mass is 35.5. The third-order valence-electron chi connectivity index (χ3n) is 3.22. The molecule has 1 heterocycles. The van der Waals surface area contributed by atoms with Crippen molar-refractivity contribution < 1.29 is 4.79 Å². The number of thiazole rings is 1. The van der Waals surface area contributed by atoms with Gasteiger partial charge in [0.1, 0.15) is 0 Å². The molecule has 7 heteroatoms. The van der Waals surface area contributed by atoms with Crippen LogP contribution in [-0.2, 0) is 4.79 Å². The molecular formula is C16H22ClN3OS2. The largest absolute Gasteiger partial charge is 0.326 e. The summed E-state index contributed by atoms with van der Waals surface area (Å²) >= 11 is 3.30. The van der Waals surface area contributed by atoms with Gasteiger partial charge in [-0.05, 0) is 44.7 Å². The van der Waals surface area contributed by atoms with Crippen LogP contribution in [0, 0.1) is 19.8 Å². The molecule has 0 saturated carbocycles. The summed E-state index contributed by atoms with van der Waals surface area (Å²) in [6.45, 7) is 6.59. The maximum absolute atomic E-state index is 12.1. The number of halogens is 1. The van der Waals surface area contributed by atoms with E-state index in [1.54, 1.807) is 23.1 Å². The first kappa shape index (κ1) is 20.0. The van der Waals surface area contributed by atoms with Crippen molar-refractivity contribution in [2.45, 2.75) is 30.0 Å². The van der Waals surface area contributed by atoms with Gasteiger partial charge in [0.25, 0.3) is 0 Å². The first-order valence-electron chi connectivity index (χ1n) is 7.15. The Labute approximate surface area is 151 Å². The summed E-state index contributed by atoms with van der Waals surface area (Å²) < 4.78 is 1.04. The first-order valence-corrected chi connectivity index (χ1v) is 8.85. The molecule has 1 aromatic heterocycles. The van der Waals surface area contributed by atoms with E-state index in [-0.39, 0.29) is 24.2 Å². The molecular weight excluding hydrogens is 350 g/mol. The van der Waals surface area contributed by atoms with Gasteiger partial charge in [-0.25, -0.2) is 4.98 Å². The van der Waals surface area contributed by atoms with E-state index in [0.717, 1.165) is 26.2 Å². The second-order valence-corrected chi connectivity index (χ2v) is 7.46. The zero-order chi connectivity index (χ0) is 16.1. The Morgan fingerprint density at radius 2 is 2.13 bits per heavy atom. The van der Waals surface area contributed by atoms with E-state index >= 15 is 0 Å². The standard InChI is InChI=1S/C16H21N3OS2.ClH/c1-10-7-13(22-16-18-12(3)9-21-16)5-6-14(10)19-15(20)11(2)8-17-4;/h5-7,9,11,17H,8H2,1-4H3,(H,19,20);1H. The molecule has 1 aromatic carbocycles. The fourth-order valence-electron chi connectivity index (χ4n) is 1.97. The van der Waals surface area contributed by atoms with Crippen LogP contribution in [0.15, 0.2) is 32.8 Å². The lowest BCUT2D eigenvalue weighted by Crippen LogP contribution is -2.28. The van der Waals surface area contributed by atoms with Crippen LogP contribution >= 0.6 is 35.5 Å². The third kappa shape index (κ3) is 5.80. The molecule has 2 aromatic rings. The van der Waals surface area contributed by atoms with E-state index in [2.05, 4.69) is 21.7 Å². The third-order valence-corrected chi connectivity index (χ3v) is 5.26. The minimum Gasteiger partial charge on any atom is -0.326 e. The Bertz CT molecular complexity index is 661. The van der Waals surface area contributed by atoms with Gasteiger partial charge in [0.2, 0.25) is 5.91 Å². The highest BCUT2D eigenvalue weighted by Gasteiger charge is 2.13. The van der Waals surface area contributed by atoms with Gasteiger partial charge in [0.15, 0.2) is 4.34 Å². The predicted molar refractivity (Wildman–Crippen MR) is 101 cm³/mol. The number of nitrogens with zero attached hydrogens (tertiary/aromatic N) is 1. The lowest BCUT2D eigenvalue weighted by atomic mass is 10.1. The van der Waals surface area contributed by atoms with Crippen molar-refractivity contribution in [1.82, 2.24) is 10.3 Å². The Balaban J connectivity index is 0.00000264. The van der Waals surface area contributed by atoms with Crippen LogP contribution in [0.2, 0.25) is 0 Å². The van der Waals surface area contributed by atoms with E-state index in [0.29, 0.717) is 6.54 Å². The summed E-state index contributed by atoms with van der Waals surface area (Å²) in [5.74, 6) is -0.0230. The van der Waals surface area contributed by atoms with Crippen LogP contribution < -0.4 is 10.6 Å². The molecule has 0 spiro atoms. The molecule has 1 atom stereocenters. The number of hydrogen-bond donors (Lipinski definition) is 2. The van der Waals surface area contributed by atoms with Crippen molar-refractivity contribution >= 4 is 47.1 Å². The van der Waals surface area contributed by atoms with Gasteiger partial charge in [-0.2, -0.15) is 0 Å². The Hall–Kier alpha value is -1.08. The fourth-order valence-corrected chi connectivity index (χ4v) is 3.88. The highest BCUT2D eigenvalue weighted by Crippen LogP contribution is 2.32. The maximum atomic E-state index is 12.1. The second-order valence-electron chi connectivity index (χ2n) is 5.28. The van der Waals surface area contributed by atoms with Gasteiger partial charge in [-0.15, -0.1) is 23.7 Å². The van der Waals surface area contributed by atoms with Crippen LogP contribution in [0.1, 0.15) is 18.2 Å². The van der Waals surface area contributed by atoms with Crippen molar-refractivity contribution in [2.75, 3.05) is 18.9 Å². The zero-order valence-electron chi connectivity index (χ0n) is 13.7. The molecule has 0 fully saturated rings. The molecule has 0 bridgehead atoms. The van der Waals surface area contributed by atoms with Gasteiger partial charge >= 0.3 is 0 Å². The van der Waals surface area contributed by atoms with Crippen molar-refractivity contribution in [3.63, 3.8) is 0 Å². The van der Waals surface area contributed by atoms with Crippen LogP contribution in [0.3, 0.4) is 0 Å². The fraction of sp³-hybridized carbons (Fsp3) is 0.375. The predicted octanol–water partition coefficient (Wildman–Crippen LogP) is 4.13. The van der Waals surface area contributed by atoms with E-state index in [1.165, 1.54) is 0 Å². The van der Waals surface area contributed by atoms with E-state index in [9.17, 15) is 4.79 Å². The number of rotatable bonds is 6. The molecule has 0 aliphatic carbocycles. The number of aromatic nitrogens is 1. The molecule has 2 N–H and O–H groups in total. The number of hydrogen-bond acceptors (Lipinski definition) is 5. The van der Waals surface area contributed by atoms with Gasteiger partial charge in [-0.3, -0.25) is 4.79 Å². The average molecular weight is 372 g/mol. The summed E-state index contributed by atoms with van der Waals surface area (Å²) in [7, 11) is 1.85. The molecule has 23 heavy (non-hydrogen) atoms. The van der Waals surface area contributed by atoms with Gasteiger partial charge in [0, 0.05) is 34.1 Å². The molecule has 0 aliphatic rings. The molecule has 4 nitrogen and oxygen atoms in total. The number of nitrogens with one attached hydrogen (secondary N) is 2. The normalized spacial score (nSPS) is 11.7. The van der Waals surface area contributed by atoms with Gasteiger partial charge < -0.3 is 10.6 Å². The first-order chi connectivity index (χ1) is 10.5. The summed E-state index contributed by atoms with van der Waals surface area (Å²) in [6.07, 6.45) is 0. The van der Waals surface area contributed by atoms with Gasteiger partial charge in [0.05, 0.1) is 0 Å². The van der Waals surface area contributed by atoms with E-state index in [4.69, 9.17) is 0 Å². The monoisotopic (exact) mass is 371 g/mol. The highest BCUT2D eigenvalue weighted by molar-refractivity contribution is 8.01. The maximum Gasteiger partial charge on any atom is 0.228 e. The minimum atomic E-state index is -0.0586. The van der Waals surface area contributed by atoms with Crippen LogP contribution in [0.5, 0.6) is 0 Å². The smallest absolute Gasteiger partial charge is 0.228 e. The van der Waals surface area contributed by atoms with Crippen LogP contribution in [-0.4, -0.2) is 24.5 Å². The molecule has 1 unspecified atom stereocenters. The van der Waals surface area contributed by atoms with Crippen molar-refractivity contribution in [2.24, 2.45) is 5.92 Å². The number of anilines is 1. The van der Waals surface area contributed by atoms with E-state index in [1.807, 2.05) is 45.3 Å². The van der Waals surface area contributed by atoms with Crippen LogP contribution in [0.25, 0.3) is 0 Å². The Morgan fingerprint density at radius 1 is 1.39 bits per heavy atom. The summed E-state index contributed by atoms with van der Waals surface area (Å²) in [6, 6.07) is 6.06. The van der Waals surface area contributed by atoms with Crippen molar-refractivity contribution in [3.05, 3.63) is 34.8 Å². The minimum absolute atomic E-state index is 0. The lowest BCUT2D eigenvalue weighted by Gasteiger charge is -2.14. The molecule has 0 radical (unpaired) electrons. The summed E-state index contributed by atoms with van der Waals surface area (Å²) in [5.41, 5.74) is 2.97. The number of benzene rings is 1. The van der Waals surface area contributed by atoms with Crippen molar-refractivity contribution in [1.29, 1.82) is 0 Å². The summed E-state index contributed by atoms with van der Waals surface area (Å²) in [5, 5.41) is 8.05. The van der Waals surface area contributed by atoms with Crippen LogP contribution in [0.4, 0.5) is 5.69 Å². The average Bonchev–Trinajstić information content (AvgIpc) is 2.87. The molecule has 1 amide bonds. The number of amides is 1. The second kappa shape index (κ2) is 9.27. The topological polar surface area (TPSA) is 54.0 Å². The SMILES string of the molecule is CNCC(C)C(=O)Nc1ccc(Sc2nc(C)cs2)cc1C.Cl. The molecule has 2 rings (SSSR count). The number of carbonyl (C=O) groups is 1. The van der Waals surface area contributed by atoms with E-state index < -0.39 is 0 Å². The quantitative estimate of drug-likeness (QED) is 0.801. The molecule has 0 saturated heterocycles. The summed E-state index contributed by atoms with van der Waals surface area (Å²) in [4.78, 5) is 17.7. The molecule has 126 valence electrons. The number of aryl methyl sites for hydroxylation is 2. The molecule has 0 aliphatic heterocycles.